The minimum absolute atomic E-state index is 0.182. The van der Waals surface area contributed by atoms with Crippen molar-refractivity contribution in [3.05, 3.63) is 60.2 Å². The van der Waals surface area contributed by atoms with Gasteiger partial charge in [0, 0.05) is 25.2 Å². The zero-order chi connectivity index (χ0) is 14.4. The van der Waals surface area contributed by atoms with E-state index >= 15 is 0 Å². The van der Waals surface area contributed by atoms with Gasteiger partial charge in [0.25, 0.3) is 0 Å². The van der Waals surface area contributed by atoms with Crippen molar-refractivity contribution < 1.29 is 5.11 Å². The fourth-order valence-corrected chi connectivity index (χ4v) is 2.07. The van der Waals surface area contributed by atoms with Crippen LogP contribution in [-0.4, -0.2) is 17.5 Å². The monoisotopic (exact) mass is 269 g/mol. The lowest BCUT2D eigenvalue weighted by Gasteiger charge is -2.25. The van der Waals surface area contributed by atoms with E-state index in [1.165, 1.54) is 0 Å². The number of nitrogens with two attached hydrogens (primary N) is 1. The number of phenolic OH excluding ortho intramolecular Hbond substituents is 1. The lowest BCUT2D eigenvalue weighted by Crippen LogP contribution is -2.27. The van der Waals surface area contributed by atoms with Gasteiger partial charge in [-0.05, 0) is 29.8 Å². The molecule has 0 radical (unpaired) electrons. The maximum atomic E-state index is 9.54. The number of amidine groups is 1. The van der Waals surface area contributed by atoms with Crippen molar-refractivity contribution in [2.24, 2.45) is 5.73 Å². The van der Waals surface area contributed by atoms with Crippen LogP contribution in [0.5, 0.6) is 5.75 Å². The second-order valence-corrected chi connectivity index (χ2v) is 4.70. The molecule has 104 valence electrons. The van der Waals surface area contributed by atoms with Crippen molar-refractivity contribution >= 4 is 11.5 Å². The number of anilines is 1. The molecule has 0 saturated heterocycles. The molecule has 0 heterocycles. The van der Waals surface area contributed by atoms with Crippen LogP contribution in [-0.2, 0) is 6.54 Å². The van der Waals surface area contributed by atoms with Crippen LogP contribution >= 0.6 is 0 Å². The number of nitrogens with zero attached hydrogens (tertiary/aromatic N) is 1. The molecule has 0 aliphatic rings. The molecule has 0 saturated carbocycles. The molecule has 0 amide bonds. The SMILES string of the molecule is N=C(N)CCN(Cc1cccc(O)c1)c1ccccc1. The smallest absolute Gasteiger partial charge is 0.115 e. The Kier molecular flexibility index (Phi) is 4.60. The first-order valence-electron chi connectivity index (χ1n) is 6.56. The Labute approximate surface area is 119 Å². The van der Waals surface area contributed by atoms with Gasteiger partial charge < -0.3 is 15.7 Å². The van der Waals surface area contributed by atoms with E-state index < -0.39 is 0 Å². The normalized spacial score (nSPS) is 10.2. The summed E-state index contributed by atoms with van der Waals surface area (Å²) in [5.41, 5.74) is 7.56. The molecule has 0 aromatic heterocycles. The van der Waals surface area contributed by atoms with Crippen LogP contribution in [0.15, 0.2) is 54.6 Å². The van der Waals surface area contributed by atoms with Crippen molar-refractivity contribution in [1.82, 2.24) is 0 Å². The molecular formula is C16H19N3O. The molecule has 0 spiro atoms. The second-order valence-electron chi connectivity index (χ2n) is 4.70. The number of hydrogen-bond donors (Lipinski definition) is 3. The Bertz CT molecular complexity index is 569. The lowest BCUT2D eigenvalue weighted by molar-refractivity contribution is 0.474. The molecule has 4 heteroatoms. The van der Waals surface area contributed by atoms with E-state index in [0.717, 1.165) is 11.3 Å². The van der Waals surface area contributed by atoms with E-state index in [1.807, 2.05) is 42.5 Å². The molecule has 20 heavy (non-hydrogen) atoms. The van der Waals surface area contributed by atoms with E-state index in [4.69, 9.17) is 11.1 Å². The Hall–Kier alpha value is -2.49. The number of para-hydroxylation sites is 1. The summed E-state index contributed by atoms with van der Waals surface area (Å²) in [6.45, 7) is 1.35. The Morgan fingerprint density at radius 2 is 1.85 bits per heavy atom. The molecule has 0 fully saturated rings. The summed E-state index contributed by atoms with van der Waals surface area (Å²) in [7, 11) is 0. The molecule has 0 aliphatic heterocycles. The Balaban J connectivity index is 2.16. The summed E-state index contributed by atoms with van der Waals surface area (Å²) in [4.78, 5) is 2.15. The number of aromatic hydroxyl groups is 1. The minimum atomic E-state index is 0.182. The molecular weight excluding hydrogens is 250 g/mol. The molecule has 0 bridgehead atoms. The number of rotatable bonds is 6. The number of hydrogen-bond acceptors (Lipinski definition) is 3. The summed E-state index contributed by atoms with van der Waals surface area (Å²) < 4.78 is 0. The molecule has 4 N–H and O–H groups in total. The predicted molar refractivity (Wildman–Crippen MR) is 82.1 cm³/mol. The number of benzene rings is 2. The van der Waals surface area contributed by atoms with Crippen molar-refractivity contribution in [2.45, 2.75) is 13.0 Å². The largest absolute Gasteiger partial charge is 0.508 e. The van der Waals surface area contributed by atoms with Crippen molar-refractivity contribution in [2.75, 3.05) is 11.4 Å². The minimum Gasteiger partial charge on any atom is -0.508 e. The summed E-state index contributed by atoms with van der Waals surface area (Å²) in [5, 5.41) is 16.9. The highest BCUT2D eigenvalue weighted by Gasteiger charge is 2.08. The second kappa shape index (κ2) is 6.61. The van der Waals surface area contributed by atoms with Crippen LogP contribution in [0.3, 0.4) is 0 Å². The molecule has 0 atom stereocenters. The number of nitrogens with one attached hydrogen (secondary N) is 1. The predicted octanol–water partition coefficient (Wildman–Crippen LogP) is 2.72. The highest BCUT2D eigenvalue weighted by atomic mass is 16.3. The molecule has 2 aromatic carbocycles. The highest BCUT2D eigenvalue weighted by molar-refractivity contribution is 5.77. The van der Waals surface area contributed by atoms with Gasteiger partial charge in [-0.25, -0.2) is 0 Å². The van der Waals surface area contributed by atoms with Crippen LogP contribution in [0.2, 0.25) is 0 Å². The van der Waals surface area contributed by atoms with Crippen molar-refractivity contribution in [3.8, 4) is 5.75 Å². The van der Waals surface area contributed by atoms with Gasteiger partial charge in [0.15, 0.2) is 0 Å². The van der Waals surface area contributed by atoms with Gasteiger partial charge in [-0.2, -0.15) is 0 Å². The molecule has 2 aromatic rings. The van der Waals surface area contributed by atoms with E-state index in [0.29, 0.717) is 19.5 Å². The van der Waals surface area contributed by atoms with Gasteiger partial charge in [0.2, 0.25) is 0 Å². The average Bonchev–Trinajstić information content (AvgIpc) is 2.44. The summed E-state index contributed by atoms with van der Waals surface area (Å²) in [5.74, 6) is 0.448. The van der Waals surface area contributed by atoms with E-state index in [1.54, 1.807) is 12.1 Å². The third-order valence-electron chi connectivity index (χ3n) is 3.06. The molecule has 0 unspecified atom stereocenters. The first-order valence-corrected chi connectivity index (χ1v) is 6.56. The van der Waals surface area contributed by atoms with Gasteiger partial charge in [-0.3, -0.25) is 5.41 Å². The average molecular weight is 269 g/mol. The van der Waals surface area contributed by atoms with Gasteiger partial charge in [0.1, 0.15) is 5.75 Å². The van der Waals surface area contributed by atoms with Crippen molar-refractivity contribution in [1.29, 1.82) is 5.41 Å². The maximum Gasteiger partial charge on any atom is 0.115 e. The van der Waals surface area contributed by atoms with Gasteiger partial charge >= 0.3 is 0 Å². The summed E-state index contributed by atoms with van der Waals surface area (Å²) in [6, 6.07) is 17.2. The van der Waals surface area contributed by atoms with Crippen molar-refractivity contribution in [3.63, 3.8) is 0 Å². The zero-order valence-corrected chi connectivity index (χ0v) is 11.3. The fourth-order valence-electron chi connectivity index (χ4n) is 2.07. The quantitative estimate of drug-likeness (QED) is 0.557. The van der Waals surface area contributed by atoms with Crippen LogP contribution in [0.1, 0.15) is 12.0 Å². The Morgan fingerprint density at radius 3 is 2.50 bits per heavy atom. The Morgan fingerprint density at radius 1 is 1.10 bits per heavy atom. The first-order chi connectivity index (χ1) is 9.65. The van der Waals surface area contributed by atoms with Crippen LogP contribution in [0, 0.1) is 5.41 Å². The van der Waals surface area contributed by atoms with E-state index in [9.17, 15) is 5.11 Å². The van der Waals surface area contributed by atoms with E-state index in [2.05, 4.69) is 4.90 Å². The molecule has 0 aliphatic carbocycles. The molecule has 4 nitrogen and oxygen atoms in total. The lowest BCUT2D eigenvalue weighted by atomic mass is 10.1. The number of phenols is 1. The van der Waals surface area contributed by atoms with Crippen LogP contribution in [0.4, 0.5) is 5.69 Å². The fraction of sp³-hybridized carbons (Fsp3) is 0.188. The third kappa shape index (κ3) is 4.02. The van der Waals surface area contributed by atoms with E-state index in [-0.39, 0.29) is 11.6 Å². The highest BCUT2D eigenvalue weighted by Crippen LogP contribution is 2.19. The maximum absolute atomic E-state index is 9.54. The summed E-state index contributed by atoms with van der Waals surface area (Å²) in [6.07, 6.45) is 0.522. The van der Waals surface area contributed by atoms with Crippen LogP contribution < -0.4 is 10.6 Å². The summed E-state index contributed by atoms with van der Waals surface area (Å²) >= 11 is 0. The van der Waals surface area contributed by atoms with Gasteiger partial charge in [0.05, 0.1) is 5.84 Å². The zero-order valence-electron chi connectivity index (χ0n) is 11.3. The standard InChI is InChI=1S/C16H19N3O/c17-16(18)9-10-19(14-6-2-1-3-7-14)12-13-5-4-8-15(20)11-13/h1-8,11,20H,9-10,12H2,(H3,17,18). The van der Waals surface area contributed by atoms with Crippen LogP contribution in [0.25, 0.3) is 0 Å². The third-order valence-corrected chi connectivity index (χ3v) is 3.06. The topological polar surface area (TPSA) is 73.3 Å². The first kappa shape index (κ1) is 13.9. The van der Waals surface area contributed by atoms with Gasteiger partial charge in [-0.15, -0.1) is 0 Å². The van der Waals surface area contributed by atoms with Gasteiger partial charge in [-0.1, -0.05) is 30.3 Å². The molecule has 2 rings (SSSR count).